The van der Waals surface area contributed by atoms with Crippen molar-refractivity contribution in [2.75, 3.05) is 24.7 Å². The highest BCUT2D eigenvalue weighted by Gasteiger charge is 2.34. The summed E-state index contributed by atoms with van der Waals surface area (Å²) in [5.74, 6) is -0.00912. The van der Waals surface area contributed by atoms with Crippen LogP contribution in [0.1, 0.15) is 57.6 Å². The van der Waals surface area contributed by atoms with Crippen molar-refractivity contribution in [3.63, 3.8) is 0 Å². The Morgan fingerprint density at radius 2 is 2.13 bits per heavy atom. The lowest BCUT2D eigenvalue weighted by molar-refractivity contribution is -0.119. The monoisotopic (exact) mass is 441 g/mol. The summed E-state index contributed by atoms with van der Waals surface area (Å²) in [7, 11) is -3.28. The third kappa shape index (κ3) is 5.72. The van der Waals surface area contributed by atoms with E-state index in [1.807, 2.05) is 13.8 Å². The molecule has 1 aromatic rings. The van der Waals surface area contributed by atoms with E-state index in [4.69, 9.17) is 4.74 Å². The first kappa shape index (κ1) is 22.5. The zero-order chi connectivity index (χ0) is 21.9. The third-order valence-corrected chi connectivity index (χ3v) is 7.18. The Labute approximate surface area is 177 Å². The molecule has 4 atom stereocenters. The summed E-state index contributed by atoms with van der Waals surface area (Å²) in [6.45, 7) is 4.49. The van der Waals surface area contributed by atoms with Crippen LogP contribution in [0.5, 0.6) is 0 Å². The predicted octanol–water partition coefficient (Wildman–Crippen LogP) is 1.79. The van der Waals surface area contributed by atoms with Crippen molar-refractivity contribution in [1.29, 1.82) is 0 Å². The molecule has 2 heterocycles. The molecule has 10 nitrogen and oxygen atoms in total. The number of ether oxygens (including phenoxy) is 1. The van der Waals surface area contributed by atoms with Gasteiger partial charge >= 0.3 is 6.09 Å². The lowest BCUT2D eigenvalue weighted by Crippen LogP contribution is -2.34. The minimum absolute atomic E-state index is 0.0813. The van der Waals surface area contributed by atoms with E-state index in [0.29, 0.717) is 25.2 Å². The van der Waals surface area contributed by atoms with E-state index in [2.05, 4.69) is 20.8 Å². The average molecular weight is 442 g/mol. The number of sulfonamides is 1. The van der Waals surface area contributed by atoms with Crippen molar-refractivity contribution in [3.05, 3.63) is 11.8 Å². The molecule has 2 aliphatic rings. The van der Waals surface area contributed by atoms with Crippen LogP contribution in [0.2, 0.25) is 0 Å². The molecule has 1 aliphatic carbocycles. The van der Waals surface area contributed by atoms with Gasteiger partial charge in [-0.1, -0.05) is 6.92 Å². The van der Waals surface area contributed by atoms with Crippen LogP contribution in [0.15, 0.2) is 6.07 Å². The molecule has 30 heavy (non-hydrogen) atoms. The molecule has 0 spiro atoms. The van der Waals surface area contributed by atoms with Gasteiger partial charge in [0, 0.05) is 36.8 Å². The second-order valence-electron chi connectivity index (χ2n) is 8.30. The number of carbonyl (C=O) groups excluding carboxylic acids is 2. The normalized spacial score (nSPS) is 25.8. The Kier molecular flexibility index (Phi) is 7.02. The van der Waals surface area contributed by atoms with Gasteiger partial charge in [-0.15, -0.1) is 0 Å². The highest BCUT2D eigenvalue weighted by molar-refractivity contribution is 7.88. The van der Waals surface area contributed by atoms with Crippen LogP contribution in [0.3, 0.4) is 0 Å². The summed E-state index contributed by atoms with van der Waals surface area (Å²) in [6.07, 6.45) is 4.32. The fourth-order valence-corrected chi connectivity index (χ4v) is 4.79. The molecule has 1 aliphatic heterocycles. The average Bonchev–Trinajstić information content (AvgIpc) is 3.41. The Balaban J connectivity index is 1.48. The fraction of sp³-hybridized carbons (Fsp3) is 0.737. The summed E-state index contributed by atoms with van der Waals surface area (Å²) in [4.78, 5) is 24.4. The smallest absolute Gasteiger partial charge is 0.407 e. The maximum atomic E-state index is 12.5. The lowest BCUT2D eigenvalue weighted by atomic mass is 10.0. The zero-order valence-corrected chi connectivity index (χ0v) is 18.5. The SMILES string of the molecule is CC[C@H](C)NC(=O)O[C@@H]1CC[C@H](c2cc(NC(=O)[C@@H]3CCN(S(C)(=O)=O)C3)n[nH]2)C1. The van der Waals surface area contributed by atoms with Gasteiger partial charge in [-0.25, -0.2) is 17.5 Å². The van der Waals surface area contributed by atoms with Gasteiger partial charge < -0.3 is 15.4 Å². The molecule has 168 valence electrons. The van der Waals surface area contributed by atoms with E-state index in [0.717, 1.165) is 31.2 Å². The van der Waals surface area contributed by atoms with Gasteiger partial charge in [-0.3, -0.25) is 9.89 Å². The van der Waals surface area contributed by atoms with Gasteiger partial charge in [0.2, 0.25) is 15.9 Å². The first-order valence-electron chi connectivity index (χ1n) is 10.4. The quantitative estimate of drug-likeness (QED) is 0.591. The highest BCUT2D eigenvalue weighted by Crippen LogP contribution is 2.36. The molecular weight excluding hydrogens is 410 g/mol. The molecule has 0 radical (unpaired) electrons. The summed E-state index contributed by atoms with van der Waals surface area (Å²) >= 11 is 0. The number of H-pyrrole nitrogens is 1. The molecule has 0 unspecified atom stereocenters. The molecule has 1 saturated carbocycles. The van der Waals surface area contributed by atoms with Crippen molar-refractivity contribution in [2.24, 2.45) is 5.92 Å². The maximum Gasteiger partial charge on any atom is 0.407 e. The lowest BCUT2D eigenvalue weighted by Gasteiger charge is -2.16. The first-order valence-corrected chi connectivity index (χ1v) is 12.3. The molecule has 11 heteroatoms. The molecule has 3 N–H and O–H groups in total. The van der Waals surface area contributed by atoms with E-state index < -0.39 is 10.0 Å². The van der Waals surface area contributed by atoms with E-state index in [9.17, 15) is 18.0 Å². The summed E-state index contributed by atoms with van der Waals surface area (Å²) in [5, 5.41) is 12.7. The number of nitrogens with zero attached hydrogens (tertiary/aromatic N) is 2. The Morgan fingerprint density at radius 3 is 2.80 bits per heavy atom. The molecular formula is C19H31N5O5S. The number of hydrogen-bond acceptors (Lipinski definition) is 6. The van der Waals surface area contributed by atoms with Crippen LogP contribution >= 0.6 is 0 Å². The number of amides is 2. The van der Waals surface area contributed by atoms with Crippen molar-refractivity contribution in [3.8, 4) is 0 Å². The molecule has 1 saturated heterocycles. The van der Waals surface area contributed by atoms with Gasteiger partial charge in [0.1, 0.15) is 6.10 Å². The second kappa shape index (κ2) is 9.34. The molecule has 2 fully saturated rings. The highest BCUT2D eigenvalue weighted by atomic mass is 32.2. The van der Waals surface area contributed by atoms with Crippen LogP contribution in [0, 0.1) is 5.92 Å². The molecule has 0 aromatic carbocycles. The van der Waals surface area contributed by atoms with Crippen LogP contribution in [-0.4, -0.2) is 66.4 Å². The van der Waals surface area contributed by atoms with Crippen molar-refractivity contribution in [2.45, 2.75) is 64.0 Å². The maximum absolute atomic E-state index is 12.5. The fourth-order valence-electron chi connectivity index (χ4n) is 3.90. The van der Waals surface area contributed by atoms with Crippen LogP contribution in [-0.2, 0) is 19.6 Å². The number of aromatic nitrogens is 2. The molecule has 2 amide bonds. The van der Waals surface area contributed by atoms with Crippen LogP contribution < -0.4 is 10.6 Å². The molecule has 0 bridgehead atoms. The third-order valence-electron chi connectivity index (χ3n) is 5.91. The Hall–Kier alpha value is -2.14. The number of hydrogen-bond donors (Lipinski definition) is 3. The molecule has 3 rings (SSSR count). The van der Waals surface area contributed by atoms with Gasteiger partial charge in [-0.2, -0.15) is 5.10 Å². The topological polar surface area (TPSA) is 133 Å². The number of aromatic amines is 1. The largest absolute Gasteiger partial charge is 0.446 e. The Bertz CT molecular complexity index is 870. The minimum atomic E-state index is -3.28. The first-order chi connectivity index (χ1) is 14.2. The van der Waals surface area contributed by atoms with Gasteiger partial charge in [-0.05, 0) is 39.0 Å². The zero-order valence-electron chi connectivity index (χ0n) is 17.7. The van der Waals surface area contributed by atoms with Crippen molar-refractivity contribution in [1.82, 2.24) is 19.8 Å². The van der Waals surface area contributed by atoms with Crippen molar-refractivity contribution >= 4 is 27.8 Å². The standard InChI is InChI=1S/C19H31N5O5S/c1-4-12(2)20-19(26)29-15-6-5-13(9-15)16-10-17(23-22-16)21-18(25)14-7-8-24(11-14)30(3,27)28/h10,12-15H,4-9,11H2,1-3H3,(H,20,26)(H2,21,22,23,25)/t12-,13-,14+,15+/m0/s1. The van der Waals surface area contributed by atoms with E-state index in [1.54, 1.807) is 6.07 Å². The van der Waals surface area contributed by atoms with E-state index >= 15 is 0 Å². The van der Waals surface area contributed by atoms with Gasteiger partial charge in [0.15, 0.2) is 5.82 Å². The summed E-state index contributed by atoms with van der Waals surface area (Å²) < 4.78 is 30.1. The van der Waals surface area contributed by atoms with Crippen molar-refractivity contribution < 1.29 is 22.7 Å². The van der Waals surface area contributed by atoms with E-state index in [1.165, 1.54) is 4.31 Å². The van der Waals surface area contributed by atoms with Crippen LogP contribution in [0.25, 0.3) is 0 Å². The minimum Gasteiger partial charge on any atom is -0.446 e. The number of nitrogens with one attached hydrogen (secondary N) is 3. The molecule has 1 aromatic heterocycles. The Morgan fingerprint density at radius 1 is 1.37 bits per heavy atom. The summed E-state index contributed by atoms with van der Waals surface area (Å²) in [5.41, 5.74) is 0.892. The number of anilines is 1. The van der Waals surface area contributed by atoms with E-state index in [-0.39, 0.29) is 42.5 Å². The second-order valence-corrected chi connectivity index (χ2v) is 10.3. The van der Waals surface area contributed by atoms with Crippen LogP contribution in [0.4, 0.5) is 10.6 Å². The number of alkyl carbamates (subject to hydrolysis) is 1. The number of carbonyl (C=O) groups is 2. The van der Waals surface area contributed by atoms with Gasteiger partial charge in [0.25, 0.3) is 0 Å². The number of rotatable bonds is 7. The summed E-state index contributed by atoms with van der Waals surface area (Å²) in [6, 6.07) is 1.88. The van der Waals surface area contributed by atoms with Gasteiger partial charge in [0.05, 0.1) is 12.2 Å². The predicted molar refractivity (Wildman–Crippen MR) is 111 cm³/mol.